The Bertz CT molecular complexity index is 301. The number of aromatic nitrogens is 2. The van der Waals surface area contributed by atoms with Gasteiger partial charge in [-0.05, 0) is 31.2 Å². The molecule has 0 bridgehead atoms. The van der Waals surface area contributed by atoms with Crippen LogP contribution < -0.4 is 11.1 Å². The number of hydrogen-bond acceptors (Lipinski definition) is 4. The highest BCUT2D eigenvalue weighted by molar-refractivity contribution is 5.29. The maximum absolute atomic E-state index is 5.81. The van der Waals surface area contributed by atoms with Crippen LogP contribution in [0.15, 0.2) is 18.6 Å². The zero-order valence-electron chi connectivity index (χ0n) is 9.60. The third-order valence-electron chi connectivity index (χ3n) is 3.48. The number of rotatable bonds is 4. The SMILES string of the molecule is NCC1CCCCC1CNc1cnccn1. The van der Waals surface area contributed by atoms with Crippen molar-refractivity contribution in [2.24, 2.45) is 17.6 Å². The predicted octanol–water partition coefficient (Wildman–Crippen LogP) is 1.65. The summed E-state index contributed by atoms with van der Waals surface area (Å²) in [5, 5.41) is 3.35. The zero-order chi connectivity index (χ0) is 11.2. The molecule has 0 aliphatic heterocycles. The van der Waals surface area contributed by atoms with E-state index in [2.05, 4.69) is 15.3 Å². The highest BCUT2D eigenvalue weighted by Crippen LogP contribution is 2.29. The Kier molecular flexibility index (Phi) is 4.10. The van der Waals surface area contributed by atoms with Crippen molar-refractivity contribution in [2.75, 3.05) is 18.4 Å². The fraction of sp³-hybridized carbons (Fsp3) is 0.667. The molecule has 0 saturated heterocycles. The minimum Gasteiger partial charge on any atom is -0.369 e. The lowest BCUT2D eigenvalue weighted by Gasteiger charge is -2.30. The molecule has 1 heterocycles. The van der Waals surface area contributed by atoms with Gasteiger partial charge in [0.15, 0.2) is 0 Å². The number of nitrogens with zero attached hydrogens (tertiary/aromatic N) is 2. The summed E-state index contributed by atoms with van der Waals surface area (Å²) in [5.41, 5.74) is 5.81. The Morgan fingerprint density at radius 3 is 2.75 bits per heavy atom. The van der Waals surface area contributed by atoms with Crippen LogP contribution in [-0.2, 0) is 0 Å². The molecule has 4 nitrogen and oxygen atoms in total. The monoisotopic (exact) mass is 220 g/mol. The summed E-state index contributed by atoms with van der Waals surface area (Å²) in [5.74, 6) is 2.24. The first kappa shape index (κ1) is 11.3. The van der Waals surface area contributed by atoms with Crippen LogP contribution in [-0.4, -0.2) is 23.1 Å². The van der Waals surface area contributed by atoms with Crippen molar-refractivity contribution < 1.29 is 0 Å². The van der Waals surface area contributed by atoms with Crippen molar-refractivity contribution in [2.45, 2.75) is 25.7 Å². The summed E-state index contributed by atoms with van der Waals surface area (Å²) in [4.78, 5) is 8.25. The molecule has 1 saturated carbocycles. The van der Waals surface area contributed by atoms with E-state index in [0.29, 0.717) is 11.8 Å². The highest BCUT2D eigenvalue weighted by atomic mass is 15.0. The molecule has 2 unspecified atom stereocenters. The predicted molar refractivity (Wildman–Crippen MR) is 65.0 cm³/mol. The first-order valence-corrected chi connectivity index (χ1v) is 6.10. The first-order chi connectivity index (χ1) is 7.90. The van der Waals surface area contributed by atoms with Crippen LogP contribution in [0.25, 0.3) is 0 Å². The molecule has 88 valence electrons. The third-order valence-corrected chi connectivity index (χ3v) is 3.48. The molecular weight excluding hydrogens is 200 g/mol. The second-order valence-electron chi connectivity index (χ2n) is 4.51. The summed E-state index contributed by atoms with van der Waals surface area (Å²) in [6.07, 6.45) is 10.4. The van der Waals surface area contributed by atoms with Crippen molar-refractivity contribution in [1.82, 2.24) is 9.97 Å². The molecule has 16 heavy (non-hydrogen) atoms. The van der Waals surface area contributed by atoms with Crippen LogP contribution in [0.1, 0.15) is 25.7 Å². The van der Waals surface area contributed by atoms with E-state index in [0.717, 1.165) is 18.9 Å². The van der Waals surface area contributed by atoms with Crippen molar-refractivity contribution >= 4 is 5.82 Å². The summed E-state index contributed by atoms with van der Waals surface area (Å²) < 4.78 is 0. The summed E-state index contributed by atoms with van der Waals surface area (Å²) in [7, 11) is 0. The second-order valence-corrected chi connectivity index (χ2v) is 4.51. The van der Waals surface area contributed by atoms with Crippen LogP contribution in [0.5, 0.6) is 0 Å². The van der Waals surface area contributed by atoms with Crippen molar-refractivity contribution in [3.63, 3.8) is 0 Å². The van der Waals surface area contributed by atoms with Gasteiger partial charge in [0.25, 0.3) is 0 Å². The Balaban J connectivity index is 1.84. The average Bonchev–Trinajstić information content (AvgIpc) is 2.38. The van der Waals surface area contributed by atoms with Gasteiger partial charge in [-0.2, -0.15) is 0 Å². The number of nitrogens with one attached hydrogen (secondary N) is 1. The van der Waals surface area contributed by atoms with Crippen LogP contribution in [0, 0.1) is 11.8 Å². The van der Waals surface area contributed by atoms with Gasteiger partial charge in [-0.3, -0.25) is 4.98 Å². The lowest BCUT2D eigenvalue weighted by atomic mass is 9.79. The number of anilines is 1. The van der Waals surface area contributed by atoms with Gasteiger partial charge in [-0.1, -0.05) is 12.8 Å². The lowest BCUT2D eigenvalue weighted by Crippen LogP contribution is -2.31. The maximum atomic E-state index is 5.81. The first-order valence-electron chi connectivity index (χ1n) is 6.10. The molecule has 2 rings (SSSR count). The van der Waals surface area contributed by atoms with Gasteiger partial charge in [0.1, 0.15) is 5.82 Å². The van der Waals surface area contributed by atoms with E-state index < -0.39 is 0 Å². The second kappa shape index (κ2) is 5.80. The molecule has 0 spiro atoms. The molecule has 1 aliphatic rings. The summed E-state index contributed by atoms with van der Waals surface area (Å²) >= 11 is 0. The molecule has 1 fully saturated rings. The Morgan fingerprint density at radius 2 is 2.06 bits per heavy atom. The van der Waals surface area contributed by atoms with Gasteiger partial charge in [0.2, 0.25) is 0 Å². The molecule has 0 aromatic carbocycles. The quantitative estimate of drug-likeness (QED) is 0.810. The fourth-order valence-electron chi connectivity index (χ4n) is 2.49. The normalized spacial score (nSPS) is 25.3. The van der Waals surface area contributed by atoms with E-state index in [1.165, 1.54) is 25.7 Å². The summed E-state index contributed by atoms with van der Waals surface area (Å²) in [6, 6.07) is 0. The van der Waals surface area contributed by atoms with Crippen LogP contribution in [0.4, 0.5) is 5.82 Å². The van der Waals surface area contributed by atoms with E-state index in [-0.39, 0.29) is 0 Å². The van der Waals surface area contributed by atoms with E-state index >= 15 is 0 Å². The Morgan fingerprint density at radius 1 is 1.25 bits per heavy atom. The minimum atomic E-state index is 0.679. The van der Waals surface area contributed by atoms with Gasteiger partial charge < -0.3 is 11.1 Å². The number of nitrogens with two attached hydrogens (primary N) is 1. The molecule has 0 radical (unpaired) electrons. The maximum Gasteiger partial charge on any atom is 0.144 e. The van der Waals surface area contributed by atoms with E-state index in [1.807, 2.05) is 0 Å². The largest absolute Gasteiger partial charge is 0.369 e. The molecule has 1 aromatic rings. The molecular formula is C12H20N4. The van der Waals surface area contributed by atoms with Crippen LogP contribution in [0.3, 0.4) is 0 Å². The molecule has 1 aliphatic carbocycles. The van der Waals surface area contributed by atoms with E-state index in [9.17, 15) is 0 Å². The molecule has 0 amide bonds. The minimum absolute atomic E-state index is 0.679. The van der Waals surface area contributed by atoms with Gasteiger partial charge >= 0.3 is 0 Å². The smallest absolute Gasteiger partial charge is 0.144 e. The van der Waals surface area contributed by atoms with Gasteiger partial charge in [-0.15, -0.1) is 0 Å². The molecule has 4 heteroatoms. The van der Waals surface area contributed by atoms with Gasteiger partial charge in [-0.25, -0.2) is 4.98 Å². The highest BCUT2D eigenvalue weighted by Gasteiger charge is 2.23. The van der Waals surface area contributed by atoms with E-state index in [4.69, 9.17) is 5.73 Å². The molecule has 2 atom stereocenters. The number of hydrogen-bond donors (Lipinski definition) is 2. The van der Waals surface area contributed by atoms with Crippen molar-refractivity contribution in [1.29, 1.82) is 0 Å². The standard InChI is InChI=1S/C12H20N4/c13-7-10-3-1-2-4-11(10)8-16-12-9-14-5-6-15-12/h5-6,9-11H,1-4,7-8,13H2,(H,15,16). The van der Waals surface area contributed by atoms with Gasteiger partial charge in [0.05, 0.1) is 6.20 Å². The van der Waals surface area contributed by atoms with Crippen LogP contribution >= 0.6 is 0 Å². The Hall–Kier alpha value is -1.16. The fourth-order valence-corrected chi connectivity index (χ4v) is 2.49. The average molecular weight is 220 g/mol. The van der Waals surface area contributed by atoms with Gasteiger partial charge in [0, 0.05) is 18.9 Å². The third kappa shape index (κ3) is 2.92. The summed E-state index contributed by atoms with van der Waals surface area (Å²) in [6.45, 7) is 1.79. The van der Waals surface area contributed by atoms with Crippen LogP contribution in [0.2, 0.25) is 0 Å². The molecule has 1 aromatic heterocycles. The lowest BCUT2D eigenvalue weighted by molar-refractivity contribution is 0.255. The van der Waals surface area contributed by atoms with Crippen molar-refractivity contribution in [3.05, 3.63) is 18.6 Å². The molecule has 3 N–H and O–H groups in total. The van der Waals surface area contributed by atoms with E-state index in [1.54, 1.807) is 18.6 Å². The Labute approximate surface area is 96.7 Å². The zero-order valence-corrected chi connectivity index (χ0v) is 9.60. The topological polar surface area (TPSA) is 63.8 Å². The van der Waals surface area contributed by atoms with Crippen molar-refractivity contribution in [3.8, 4) is 0 Å².